The third-order valence-corrected chi connectivity index (χ3v) is 5.15. The van der Waals surface area contributed by atoms with Crippen molar-refractivity contribution in [3.63, 3.8) is 0 Å². The molecule has 1 fully saturated rings. The minimum atomic E-state index is -0.217. The maximum absolute atomic E-state index is 13.6. The number of aromatic nitrogens is 2. The zero-order valence-electron chi connectivity index (χ0n) is 11.2. The third-order valence-electron chi connectivity index (χ3n) is 4.05. The van der Waals surface area contributed by atoms with Gasteiger partial charge in [0.05, 0.1) is 11.0 Å². The fourth-order valence-electron chi connectivity index (χ4n) is 2.99. The zero-order chi connectivity index (χ0) is 13.6. The number of anilines is 1. The van der Waals surface area contributed by atoms with Crippen molar-refractivity contribution >= 4 is 28.7 Å². The Balaban J connectivity index is 2.08. The molecule has 1 aromatic carbocycles. The lowest BCUT2D eigenvalue weighted by atomic mass is 10.2. The van der Waals surface area contributed by atoms with E-state index in [0.717, 1.165) is 18.4 Å². The molecule has 3 nitrogen and oxygen atoms in total. The van der Waals surface area contributed by atoms with Crippen molar-refractivity contribution < 1.29 is 4.39 Å². The number of nitrogens with zero attached hydrogens (tertiary/aromatic N) is 2. The number of aryl methyl sites for hydroxylation is 1. The molecule has 0 spiro atoms. The second-order valence-corrected chi connectivity index (χ2v) is 6.39. The number of hydrogen-bond acceptors (Lipinski definition) is 3. The largest absolute Gasteiger partial charge is 0.369 e. The summed E-state index contributed by atoms with van der Waals surface area (Å²) in [6.45, 7) is 1.78. The van der Waals surface area contributed by atoms with E-state index in [1.165, 1.54) is 12.5 Å². The first kappa shape index (κ1) is 12.8. The molecule has 0 bridgehead atoms. The van der Waals surface area contributed by atoms with Crippen molar-refractivity contribution in [3.05, 3.63) is 23.5 Å². The predicted molar refractivity (Wildman–Crippen MR) is 79.0 cm³/mol. The van der Waals surface area contributed by atoms with Crippen LogP contribution in [0.15, 0.2) is 12.1 Å². The van der Waals surface area contributed by atoms with Gasteiger partial charge in [0, 0.05) is 17.4 Å². The topological polar surface area (TPSA) is 43.8 Å². The number of thioether (sulfide) groups is 1. The van der Waals surface area contributed by atoms with Crippen LogP contribution in [0.4, 0.5) is 10.3 Å². The van der Waals surface area contributed by atoms with Crippen molar-refractivity contribution in [2.45, 2.75) is 37.5 Å². The van der Waals surface area contributed by atoms with Crippen LogP contribution in [-0.4, -0.2) is 21.1 Å². The van der Waals surface area contributed by atoms with Gasteiger partial charge in [-0.2, -0.15) is 11.8 Å². The summed E-state index contributed by atoms with van der Waals surface area (Å²) < 4.78 is 15.7. The van der Waals surface area contributed by atoms with E-state index >= 15 is 0 Å². The maximum atomic E-state index is 13.6. The highest BCUT2D eigenvalue weighted by atomic mass is 32.2. The molecule has 1 aromatic heterocycles. The average Bonchev–Trinajstić information content (AvgIpc) is 2.94. The maximum Gasteiger partial charge on any atom is 0.201 e. The van der Waals surface area contributed by atoms with Crippen LogP contribution >= 0.6 is 11.8 Å². The van der Waals surface area contributed by atoms with Gasteiger partial charge in [-0.25, -0.2) is 9.37 Å². The molecule has 2 aromatic rings. The Kier molecular flexibility index (Phi) is 3.17. The highest BCUT2D eigenvalue weighted by Crippen LogP contribution is 2.39. The van der Waals surface area contributed by atoms with Crippen molar-refractivity contribution in [2.75, 3.05) is 12.0 Å². The van der Waals surface area contributed by atoms with Crippen LogP contribution in [0.3, 0.4) is 0 Å². The molecule has 0 radical (unpaired) electrons. The zero-order valence-corrected chi connectivity index (χ0v) is 12.0. The van der Waals surface area contributed by atoms with Gasteiger partial charge in [0.1, 0.15) is 5.82 Å². The minimum Gasteiger partial charge on any atom is -0.369 e. The highest BCUT2D eigenvalue weighted by Gasteiger charge is 2.28. The molecule has 5 heteroatoms. The molecule has 0 saturated heterocycles. The first-order valence-corrected chi connectivity index (χ1v) is 7.85. The number of fused-ring (bicyclic) bond motifs is 1. The van der Waals surface area contributed by atoms with E-state index < -0.39 is 0 Å². The second kappa shape index (κ2) is 4.71. The van der Waals surface area contributed by atoms with E-state index in [-0.39, 0.29) is 5.82 Å². The third kappa shape index (κ3) is 2.10. The lowest BCUT2D eigenvalue weighted by Gasteiger charge is -2.15. The molecule has 19 heavy (non-hydrogen) atoms. The van der Waals surface area contributed by atoms with Gasteiger partial charge in [-0.15, -0.1) is 0 Å². The van der Waals surface area contributed by atoms with Crippen LogP contribution in [0.1, 0.15) is 30.9 Å². The van der Waals surface area contributed by atoms with E-state index in [0.29, 0.717) is 28.3 Å². The first-order chi connectivity index (χ1) is 9.10. The molecule has 2 N–H and O–H groups in total. The molecule has 2 unspecified atom stereocenters. The number of imidazole rings is 1. The Morgan fingerprint density at radius 1 is 1.42 bits per heavy atom. The summed E-state index contributed by atoms with van der Waals surface area (Å²) in [4.78, 5) is 4.30. The number of nitrogens with two attached hydrogens (primary N) is 1. The van der Waals surface area contributed by atoms with Gasteiger partial charge in [0.15, 0.2) is 0 Å². The number of rotatable bonds is 2. The molecule has 1 saturated carbocycles. The van der Waals surface area contributed by atoms with Gasteiger partial charge < -0.3 is 10.3 Å². The van der Waals surface area contributed by atoms with Crippen LogP contribution in [0.5, 0.6) is 0 Å². The predicted octanol–water partition coefficient (Wildman–Crippen LogP) is 3.52. The lowest BCUT2D eigenvalue weighted by Crippen LogP contribution is -2.09. The Hall–Kier alpha value is -1.23. The van der Waals surface area contributed by atoms with Crippen molar-refractivity contribution in [2.24, 2.45) is 0 Å². The van der Waals surface area contributed by atoms with Gasteiger partial charge >= 0.3 is 0 Å². The summed E-state index contributed by atoms with van der Waals surface area (Å²) in [6.07, 6.45) is 5.61. The van der Waals surface area contributed by atoms with Crippen molar-refractivity contribution in [3.8, 4) is 0 Å². The molecular formula is C14H18FN3S. The summed E-state index contributed by atoms with van der Waals surface area (Å²) in [6, 6.07) is 3.74. The molecule has 1 heterocycles. The second-order valence-electron chi connectivity index (χ2n) is 5.25. The van der Waals surface area contributed by atoms with Crippen molar-refractivity contribution in [1.29, 1.82) is 0 Å². The highest BCUT2D eigenvalue weighted by molar-refractivity contribution is 7.99. The van der Waals surface area contributed by atoms with E-state index in [4.69, 9.17) is 5.73 Å². The normalized spacial score (nSPS) is 23.3. The molecular weight excluding hydrogens is 261 g/mol. The number of nitrogen functional groups attached to an aromatic ring is 1. The SMILES string of the molecule is CSC1CCC(n2c(N)nc3cc(F)c(C)cc32)C1. The van der Waals surface area contributed by atoms with Gasteiger partial charge in [-0.05, 0) is 44.1 Å². The smallest absolute Gasteiger partial charge is 0.201 e. The quantitative estimate of drug-likeness (QED) is 0.914. The summed E-state index contributed by atoms with van der Waals surface area (Å²) in [5.41, 5.74) is 8.31. The summed E-state index contributed by atoms with van der Waals surface area (Å²) in [5, 5.41) is 0.698. The Morgan fingerprint density at radius 3 is 2.89 bits per heavy atom. The van der Waals surface area contributed by atoms with Crippen LogP contribution in [0, 0.1) is 12.7 Å². The van der Waals surface area contributed by atoms with E-state index in [2.05, 4.69) is 15.8 Å². The van der Waals surface area contributed by atoms with Crippen LogP contribution in [0.2, 0.25) is 0 Å². The van der Waals surface area contributed by atoms with Crippen LogP contribution in [0.25, 0.3) is 11.0 Å². The standard InChI is InChI=1S/C14H18FN3S/c1-8-5-13-12(7-11(8)15)17-14(16)18(13)9-3-4-10(6-9)19-2/h5,7,9-10H,3-4,6H2,1-2H3,(H2,16,17). The van der Waals surface area contributed by atoms with E-state index in [1.54, 1.807) is 6.92 Å². The fraction of sp³-hybridized carbons (Fsp3) is 0.500. The molecule has 102 valence electrons. The van der Waals surface area contributed by atoms with E-state index in [1.807, 2.05) is 17.8 Å². The summed E-state index contributed by atoms with van der Waals surface area (Å²) in [5.74, 6) is 0.289. The molecule has 1 aliphatic carbocycles. The van der Waals surface area contributed by atoms with E-state index in [9.17, 15) is 4.39 Å². The number of benzene rings is 1. The van der Waals surface area contributed by atoms with Gasteiger partial charge in [-0.3, -0.25) is 0 Å². The molecule has 0 amide bonds. The minimum absolute atomic E-state index is 0.217. The van der Waals surface area contributed by atoms with Crippen molar-refractivity contribution in [1.82, 2.24) is 9.55 Å². The summed E-state index contributed by atoms with van der Waals surface area (Å²) >= 11 is 1.92. The molecule has 0 aliphatic heterocycles. The Bertz CT molecular complexity index is 623. The first-order valence-electron chi connectivity index (χ1n) is 6.56. The van der Waals surface area contributed by atoms with Crippen LogP contribution in [-0.2, 0) is 0 Å². The van der Waals surface area contributed by atoms with Gasteiger partial charge in [0.2, 0.25) is 5.95 Å². The van der Waals surface area contributed by atoms with Gasteiger partial charge in [0.25, 0.3) is 0 Å². The number of halogens is 1. The van der Waals surface area contributed by atoms with Crippen LogP contribution < -0.4 is 5.73 Å². The summed E-state index contributed by atoms with van der Waals surface area (Å²) in [7, 11) is 0. The molecule has 2 atom stereocenters. The Morgan fingerprint density at radius 2 is 2.21 bits per heavy atom. The monoisotopic (exact) mass is 279 g/mol. The Labute approximate surface area is 116 Å². The van der Waals surface area contributed by atoms with Gasteiger partial charge in [-0.1, -0.05) is 0 Å². The average molecular weight is 279 g/mol. The molecule has 3 rings (SSSR count). The fourth-order valence-corrected chi connectivity index (χ4v) is 3.78. The molecule has 1 aliphatic rings. The lowest BCUT2D eigenvalue weighted by molar-refractivity contribution is 0.540. The number of hydrogen-bond donors (Lipinski definition) is 1.